The molecule has 2 aromatic rings. The lowest BCUT2D eigenvalue weighted by molar-refractivity contribution is -0.119. The summed E-state index contributed by atoms with van der Waals surface area (Å²) in [6, 6.07) is 15.8. The summed E-state index contributed by atoms with van der Waals surface area (Å²) in [6.45, 7) is 2.61. The van der Waals surface area contributed by atoms with Crippen molar-refractivity contribution < 1.29 is 9.53 Å². The first kappa shape index (κ1) is 14.1. The summed E-state index contributed by atoms with van der Waals surface area (Å²) in [6.07, 6.45) is 0.373. The molecule has 20 heavy (non-hydrogen) atoms. The van der Waals surface area contributed by atoms with Crippen LogP contribution in [0.4, 0.5) is 0 Å². The van der Waals surface area contributed by atoms with Gasteiger partial charge < -0.3 is 10.1 Å². The van der Waals surface area contributed by atoms with Gasteiger partial charge in [0, 0.05) is 7.05 Å². The summed E-state index contributed by atoms with van der Waals surface area (Å²) in [7, 11) is 1.64. The van der Waals surface area contributed by atoms with Gasteiger partial charge in [-0.25, -0.2) is 0 Å². The number of carbonyl (C=O) groups is 1. The van der Waals surface area contributed by atoms with E-state index in [0.29, 0.717) is 13.0 Å². The van der Waals surface area contributed by atoms with Crippen molar-refractivity contribution in [3.63, 3.8) is 0 Å². The fourth-order valence-electron chi connectivity index (χ4n) is 1.95. The molecule has 0 aromatic heterocycles. The molecule has 0 unspecified atom stereocenters. The summed E-state index contributed by atoms with van der Waals surface area (Å²) in [5.41, 5.74) is 3.34. The summed E-state index contributed by atoms with van der Waals surface area (Å²) in [5.74, 6) is 0.788. The molecule has 0 saturated heterocycles. The maximum atomic E-state index is 11.4. The van der Waals surface area contributed by atoms with Crippen LogP contribution in [-0.4, -0.2) is 13.0 Å². The maximum absolute atomic E-state index is 11.4. The molecule has 0 spiro atoms. The molecule has 0 heterocycles. The van der Waals surface area contributed by atoms with E-state index in [1.807, 2.05) is 36.4 Å². The SMILES string of the molecule is CNC(=O)Cc1cccc(OCc2ccccc2C)c1. The van der Waals surface area contributed by atoms with E-state index < -0.39 is 0 Å². The van der Waals surface area contributed by atoms with Gasteiger partial charge in [-0.2, -0.15) is 0 Å². The summed E-state index contributed by atoms with van der Waals surface area (Å²) < 4.78 is 5.80. The molecule has 0 fully saturated rings. The molecule has 1 amide bonds. The quantitative estimate of drug-likeness (QED) is 0.906. The van der Waals surface area contributed by atoms with Gasteiger partial charge in [0.15, 0.2) is 0 Å². The number of nitrogens with one attached hydrogen (secondary N) is 1. The Bertz CT molecular complexity index is 593. The maximum Gasteiger partial charge on any atom is 0.224 e. The van der Waals surface area contributed by atoms with Gasteiger partial charge in [0.1, 0.15) is 12.4 Å². The average molecular weight is 269 g/mol. The lowest BCUT2D eigenvalue weighted by Crippen LogP contribution is -2.19. The Morgan fingerprint density at radius 1 is 1.15 bits per heavy atom. The van der Waals surface area contributed by atoms with Gasteiger partial charge in [-0.1, -0.05) is 36.4 Å². The van der Waals surface area contributed by atoms with Crippen molar-refractivity contribution in [1.82, 2.24) is 5.32 Å². The molecule has 0 radical (unpaired) electrons. The normalized spacial score (nSPS) is 10.1. The zero-order chi connectivity index (χ0) is 14.4. The molecule has 104 valence electrons. The molecule has 2 aromatic carbocycles. The topological polar surface area (TPSA) is 38.3 Å². The number of hydrogen-bond donors (Lipinski definition) is 1. The minimum Gasteiger partial charge on any atom is -0.489 e. The van der Waals surface area contributed by atoms with Gasteiger partial charge in [0.2, 0.25) is 5.91 Å². The molecule has 0 atom stereocenters. The van der Waals surface area contributed by atoms with Crippen molar-refractivity contribution in [3.05, 3.63) is 65.2 Å². The summed E-state index contributed by atoms with van der Waals surface area (Å²) in [4.78, 5) is 11.4. The lowest BCUT2D eigenvalue weighted by atomic mass is 10.1. The Kier molecular flexibility index (Phi) is 4.77. The Hall–Kier alpha value is -2.29. The molecule has 3 nitrogen and oxygen atoms in total. The molecular formula is C17H19NO2. The average Bonchev–Trinajstić information content (AvgIpc) is 2.47. The highest BCUT2D eigenvalue weighted by molar-refractivity contribution is 5.78. The van der Waals surface area contributed by atoms with Gasteiger partial charge in [-0.15, -0.1) is 0 Å². The van der Waals surface area contributed by atoms with E-state index in [0.717, 1.165) is 11.3 Å². The number of ether oxygens (including phenoxy) is 1. The number of carbonyl (C=O) groups excluding carboxylic acids is 1. The van der Waals surface area contributed by atoms with Crippen LogP contribution in [0.3, 0.4) is 0 Å². The standard InChI is InChI=1S/C17H19NO2/c1-13-6-3-4-8-15(13)12-20-16-9-5-7-14(10-16)11-17(19)18-2/h3-10H,11-12H2,1-2H3,(H,18,19). The molecule has 2 rings (SSSR count). The smallest absolute Gasteiger partial charge is 0.224 e. The molecule has 1 N–H and O–H groups in total. The minimum atomic E-state index is 0.000976. The van der Waals surface area contributed by atoms with E-state index >= 15 is 0 Å². The molecule has 0 bridgehead atoms. The second-order valence-corrected chi connectivity index (χ2v) is 4.71. The molecule has 0 aliphatic rings. The van der Waals surface area contributed by atoms with Crippen LogP contribution in [0.25, 0.3) is 0 Å². The van der Waals surface area contributed by atoms with Crippen molar-refractivity contribution >= 4 is 5.91 Å². The van der Waals surface area contributed by atoms with Crippen molar-refractivity contribution in [3.8, 4) is 5.75 Å². The first-order valence-electron chi connectivity index (χ1n) is 6.66. The monoisotopic (exact) mass is 269 g/mol. The fourth-order valence-corrected chi connectivity index (χ4v) is 1.95. The molecule has 3 heteroatoms. The zero-order valence-corrected chi connectivity index (χ0v) is 11.8. The van der Waals surface area contributed by atoms with Crippen LogP contribution in [0.2, 0.25) is 0 Å². The van der Waals surface area contributed by atoms with Gasteiger partial charge in [0.05, 0.1) is 6.42 Å². The van der Waals surface area contributed by atoms with E-state index in [1.165, 1.54) is 11.1 Å². The molecule has 0 aliphatic heterocycles. The van der Waals surface area contributed by atoms with Gasteiger partial charge in [-0.05, 0) is 35.7 Å². The highest BCUT2D eigenvalue weighted by atomic mass is 16.5. The van der Waals surface area contributed by atoms with Gasteiger partial charge in [-0.3, -0.25) is 4.79 Å². The Morgan fingerprint density at radius 3 is 2.70 bits per heavy atom. The number of likely N-dealkylation sites (N-methyl/N-ethyl adjacent to an activating group) is 1. The lowest BCUT2D eigenvalue weighted by Gasteiger charge is -2.09. The third kappa shape index (κ3) is 3.85. The van der Waals surface area contributed by atoms with Crippen molar-refractivity contribution in [2.24, 2.45) is 0 Å². The Morgan fingerprint density at radius 2 is 1.95 bits per heavy atom. The highest BCUT2D eigenvalue weighted by Gasteiger charge is 2.03. The van der Waals surface area contributed by atoms with E-state index in [-0.39, 0.29) is 5.91 Å². The Labute approximate surface area is 119 Å². The van der Waals surface area contributed by atoms with Crippen LogP contribution >= 0.6 is 0 Å². The summed E-state index contributed by atoms with van der Waals surface area (Å²) >= 11 is 0. The second-order valence-electron chi connectivity index (χ2n) is 4.71. The molecule has 0 saturated carbocycles. The third-order valence-electron chi connectivity index (χ3n) is 3.20. The third-order valence-corrected chi connectivity index (χ3v) is 3.20. The van der Waals surface area contributed by atoms with Crippen molar-refractivity contribution in [2.45, 2.75) is 20.0 Å². The predicted octanol–water partition coefficient (Wildman–Crippen LogP) is 2.86. The number of rotatable bonds is 5. The molecule has 0 aliphatic carbocycles. The van der Waals surface area contributed by atoms with Crippen LogP contribution in [0.5, 0.6) is 5.75 Å². The van der Waals surface area contributed by atoms with Crippen LogP contribution < -0.4 is 10.1 Å². The van der Waals surface area contributed by atoms with E-state index in [4.69, 9.17) is 4.74 Å². The van der Waals surface area contributed by atoms with Gasteiger partial charge in [0.25, 0.3) is 0 Å². The van der Waals surface area contributed by atoms with E-state index in [1.54, 1.807) is 7.05 Å². The van der Waals surface area contributed by atoms with Crippen LogP contribution in [-0.2, 0) is 17.8 Å². The predicted molar refractivity (Wildman–Crippen MR) is 79.7 cm³/mol. The highest BCUT2D eigenvalue weighted by Crippen LogP contribution is 2.17. The minimum absolute atomic E-state index is 0.000976. The van der Waals surface area contributed by atoms with Crippen LogP contribution in [0.1, 0.15) is 16.7 Å². The first-order valence-corrected chi connectivity index (χ1v) is 6.66. The van der Waals surface area contributed by atoms with E-state index in [9.17, 15) is 4.79 Å². The number of benzene rings is 2. The Balaban J connectivity index is 2.01. The van der Waals surface area contributed by atoms with Crippen molar-refractivity contribution in [2.75, 3.05) is 7.05 Å². The van der Waals surface area contributed by atoms with Crippen molar-refractivity contribution in [1.29, 1.82) is 0 Å². The number of aryl methyl sites for hydroxylation is 1. The number of amides is 1. The zero-order valence-electron chi connectivity index (χ0n) is 11.8. The first-order chi connectivity index (χ1) is 9.69. The van der Waals surface area contributed by atoms with Crippen LogP contribution in [0.15, 0.2) is 48.5 Å². The summed E-state index contributed by atoms with van der Waals surface area (Å²) in [5, 5.41) is 2.62. The van der Waals surface area contributed by atoms with E-state index in [2.05, 4.69) is 24.4 Å². The number of hydrogen-bond acceptors (Lipinski definition) is 2. The molecular weight excluding hydrogens is 250 g/mol. The van der Waals surface area contributed by atoms with Crippen LogP contribution in [0, 0.1) is 6.92 Å². The second kappa shape index (κ2) is 6.75. The van der Waals surface area contributed by atoms with Gasteiger partial charge >= 0.3 is 0 Å². The fraction of sp³-hybridized carbons (Fsp3) is 0.235. The largest absolute Gasteiger partial charge is 0.489 e.